The number of carbonyl (C=O) groups is 2. The van der Waals surface area contributed by atoms with Gasteiger partial charge in [-0.3, -0.25) is 14.5 Å². The second-order valence-corrected chi connectivity index (χ2v) is 7.62. The first-order valence-corrected chi connectivity index (χ1v) is 9.94. The Labute approximate surface area is 169 Å². The summed E-state index contributed by atoms with van der Waals surface area (Å²) in [4.78, 5) is 31.6. The quantitative estimate of drug-likeness (QED) is 0.774. The van der Waals surface area contributed by atoms with Gasteiger partial charge in [0.05, 0.1) is 18.3 Å². The van der Waals surface area contributed by atoms with Crippen LogP contribution in [0, 0.1) is 0 Å². The smallest absolute Gasteiger partial charge is 0.242 e. The summed E-state index contributed by atoms with van der Waals surface area (Å²) in [6.45, 7) is 2.29. The standard InChI is InChI=1S/C21H23N3O3S/c1-15(27-2)14-24-20(26)18(13-19(25)22-16-9-5-3-6-10-16)28-21(24)23-17-11-7-4-8-12-17/h3-12,15,18H,13-14H2,1-2H3,(H,22,25). The molecule has 1 aliphatic rings. The second kappa shape index (κ2) is 9.52. The molecule has 1 aliphatic heterocycles. The Hall–Kier alpha value is -2.64. The van der Waals surface area contributed by atoms with E-state index in [1.807, 2.05) is 67.6 Å². The van der Waals surface area contributed by atoms with Crippen molar-refractivity contribution >= 4 is 40.1 Å². The molecule has 28 heavy (non-hydrogen) atoms. The van der Waals surface area contributed by atoms with Crippen LogP contribution in [-0.2, 0) is 14.3 Å². The lowest BCUT2D eigenvalue weighted by molar-refractivity contribution is -0.129. The third kappa shape index (κ3) is 5.21. The molecule has 0 radical (unpaired) electrons. The zero-order valence-corrected chi connectivity index (χ0v) is 16.7. The highest BCUT2D eigenvalue weighted by molar-refractivity contribution is 8.15. The molecule has 1 saturated heterocycles. The molecule has 3 rings (SSSR count). The lowest BCUT2D eigenvalue weighted by Crippen LogP contribution is -2.38. The Morgan fingerprint density at radius 2 is 1.82 bits per heavy atom. The van der Waals surface area contributed by atoms with Crippen molar-refractivity contribution in [1.82, 2.24) is 4.90 Å². The SMILES string of the molecule is COC(C)CN1C(=O)C(CC(=O)Nc2ccccc2)SC1=Nc1ccccc1. The number of aliphatic imine (C=N–C) groups is 1. The van der Waals surface area contributed by atoms with E-state index >= 15 is 0 Å². The van der Waals surface area contributed by atoms with E-state index in [4.69, 9.17) is 4.74 Å². The summed E-state index contributed by atoms with van der Waals surface area (Å²) < 4.78 is 5.32. The number of hydrogen-bond acceptors (Lipinski definition) is 5. The number of anilines is 1. The first-order valence-electron chi connectivity index (χ1n) is 9.06. The predicted octanol–water partition coefficient (Wildman–Crippen LogP) is 3.68. The molecule has 6 nitrogen and oxygen atoms in total. The number of rotatable bonds is 7. The number of ether oxygens (including phenoxy) is 1. The molecule has 0 aromatic heterocycles. The van der Waals surface area contributed by atoms with Gasteiger partial charge in [0.1, 0.15) is 5.25 Å². The van der Waals surface area contributed by atoms with Crippen molar-refractivity contribution in [2.24, 2.45) is 4.99 Å². The zero-order chi connectivity index (χ0) is 19.9. The summed E-state index contributed by atoms with van der Waals surface area (Å²) in [5, 5.41) is 2.92. The molecule has 0 spiro atoms. The fraction of sp³-hybridized carbons (Fsp3) is 0.286. The molecule has 2 atom stereocenters. The maximum atomic E-state index is 12.9. The monoisotopic (exact) mass is 397 g/mol. The second-order valence-electron chi connectivity index (χ2n) is 6.45. The van der Waals surface area contributed by atoms with Crippen LogP contribution in [0.15, 0.2) is 65.7 Å². The molecule has 1 heterocycles. The highest BCUT2D eigenvalue weighted by Gasteiger charge is 2.39. The van der Waals surface area contributed by atoms with E-state index < -0.39 is 5.25 Å². The van der Waals surface area contributed by atoms with E-state index in [0.29, 0.717) is 17.4 Å². The van der Waals surface area contributed by atoms with Crippen LogP contribution in [0.5, 0.6) is 0 Å². The van der Waals surface area contributed by atoms with Crippen molar-refractivity contribution in [3.63, 3.8) is 0 Å². The molecule has 7 heteroatoms. The molecule has 2 amide bonds. The Kier molecular flexibility index (Phi) is 6.84. The molecule has 1 fully saturated rings. The van der Waals surface area contributed by atoms with Crippen molar-refractivity contribution < 1.29 is 14.3 Å². The Bertz CT molecular complexity index is 842. The average Bonchev–Trinajstić information content (AvgIpc) is 2.98. The third-order valence-electron chi connectivity index (χ3n) is 4.27. The van der Waals surface area contributed by atoms with Gasteiger partial charge in [-0.1, -0.05) is 48.2 Å². The van der Waals surface area contributed by atoms with Gasteiger partial charge in [-0.25, -0.2) is 4.99 Å². The number of amides is 2. The minimum absolute atomic E-state index is 0.0874. The molecular weight excluding hydrogens is 374 g/mol. The summed E-state index contributed by atoms with van der Waals surface area (Å²) in [5.41, 5.74) is 1.48. The molecule has 2 aromatic carbocycles. The van der Waals surface area contributed by atoms with Gasteiger partial charge in [0.25, 0.3) is 0 Å². The topological polar surface area (TPSA) is 71.0 Å². The first kappa shape index (κ1) is 20.1. The number of para-hydroxylation sites is 2. The van der Waals surface area contributed by atoms with Crippen LogP contribution >= 0.6 is 11.8 Å². The van der Waals surface area contributed by atoms with Crippen LogP contribution in [0.25, 0.3) is 0 Å². The lowest BCUT2D eigenvalue weighted by Gasteiger charge is -2.20. The van der Waals surface area contributed by atoms with E-state index in [1.165, 1.54) is 11.8 Å². The molecule has 2 unspecified atom stereocenters. The average molecular weight is 398 g/mol. The molecule has 0 bridgehead atoms. The van der Waals surface area contributed by atoms with Gasteiger partial charge in [0.15, 0.2) is 5.17 Å². The van der Waals surface area contributed by atoms with Gasteiger partial charge in [-0.05, 0) is 31.2 Å². The van der Waals surface area contributed by atoms with Crippen molar-refractivity contribution in [2.75, 3.05) is 19.0 Å². The van der Waals surface area contributed by atoms with Gasteiger partial charge in [0, 0.05) is 19.2 Å². The Morgan fingerprint density at radius 3 is 2.46 bits per heavy atom. The van der Waals surface area contributed by atoms with Crippen LogP contribution in [0.3, 0.4) is 0 Å². The largest absolute Gasteiger partial charge is 0.380 e. The van der Waals surface area contributed by atoms with Crippen LogP contribution in [0.4, 0.5) is 11.4 Å². The number of thioether (sulfide) groups is 1. The van der Waals surface area contributed by atoms with Gasteiger partial charge >= 0.3 is 0 Å². The molecule has 1 N–H and O–H groups in total. The highest BCUT2D eigenvalue weighted by Crippen LogP contribution is 2.32. The fourth-order valence-electron chi connectivity index (χ4n) is 2.74. The summed E-state index contributed by atoms with van der Waals surface area (Å²) >= 11 is 1.32. The lowest BCUT2D eigenvalue weighted by atomic mass is 10.2. The zero-order valence-electron chi connectivity index (χ0n) is 15.9. The van der Waals surface area contributed by atoms with Crippen LogP contribution in [0.2, 0.25) is 0 Å². The number of hydrogen-bond donors (Lipinski definition) is 1. The number of amidine groups is 1. The van der Waals surface area contributed by atoms with Crippen molar-refractivity contribution in [2.45, 2.75) is 24.7 Å². The van der Waals surface area contributed by atoms with E-state index in [1.54, 1.807) is 12.0 Å². The van der Waals surface area contributed by atoms with Gasteiger partial charge in [-0.2, -0.15) is 0 Å². The minimum atomic E-state index is -0.504. The molecule has 2 aromatic rings. The number of nitrogens with one attached hydrogen (secondary N) is 1. The minimum Gasteiger partial charge on any atom is -0.380 e. The number of methoxy groups -OCH3 is 1. The summed E-state index contributed by atoms with van der Waals surface area (Å²) in [6.07, 6.45) is -0.0493. The van der Waals surface area contributed by atoms with Gasteiger partial charge in [-0.15, -0.1) is 0 Å². The van der Waals surface area contributed by atoms with E-state index in [9.17, 15) is 9.59 Å². The maximum Gasteiger partial charge on any atom is 0.242 e. The molecule has 146 valence electrons. The van der Waals surface area contributed by atoms with Crippen molar-refractivity contribution in [1.29, 1.82) is 0 Å². The number of benzene rings is 2. The molecule has 0 saturated carbocycles. The molecular formula is C21H23N3O3S. The highest BCUT2D eigenvalue weighted by atomic mass is 32.2. The van der Waals surface area contributed by atoms with E-state index in [-0.39, 0.29) is 24.3 Å². The van der Waals surface area contributed by atoms with Crippen LogP contribution in [-0.4, -0.2) is 46.9 Å². The maximum absolute atomic E-state index is 12.9. The summed E-state index contributed by atoms with van der Waals surface area (Å²) in [7, 11) is 1.61. The predicted molar refractivity (Wildman–Crippen MR) is 113 cm³/mol. The van der Waals surface area contributed by atoms with Crippen molar-refractivity contribution in [3.8, 4) is 0 Å². The summed E-state index contributed by atoms with van der Waals surface area (Å²) in [6, 6.07) is 18.7. The molecule has 0 aliphatic carbocycles. The van der Waals surface area contributed by atoms with Gasteiger partial charge < -0.3 is 10.1 Å². The van der Waals surface area contributed by atoms with Crippen LogP contribution < -0.4 is 5.32 Å². The Balaban J connectivity index is 1.74. The fourth-order valence-corrected chi connectivity index (χ4v) is 3.91. The van der Waals surface area contributed by atoms with Crippen molar-refractivity contribution in [3.05, 3.63) is 60.7 Å². The normalized spacial score (nSPS) is 19.1. The number of carbonyl (C=O) groups excluding carboxylic acids is 2. The van der Waals surface area contributed by atoms with E-state index in [0.717, 1.165) is 5.69 Å². The summed E-state index contributed by atoms with van der Waals surface area (Å²) in [5.74, 6) is -0.315. The first-order chi connectivity index (χ1) is 13.6. The van der Waals surface area contributed by atoms with Gasteiger partial charge in [0.2, 0.25) is 11.8 Å². The van der Waals surface area contributed by atoms with E-state index in [2.05, 4.69) is 10.3 Å². The Morgan fingerprint density at radius 1 is 1.18 bits per heavy atom. The van der Waals surface area contributed by atoms with Crippen LogP contribution in [0.1, 0.15) is 13.3 Å². The third-order valence-corrected chi connectivity index (χ3v) is 5.45. The number of nitrogens with zero attached hydrogens (tertiary/aromatic N) is 2.